The molecule has 2 aromatic carbocycles. The summed E-state index contributed by atoms with van der Waals surface area (Å²) in [7, 11) is -3.46. The van der Waals surface area contributed by atoms with Gasteiger partial charge in [0, 0.05) is 28.5 Å². The third-order valence-electron chi connectivity index (χ3n) is 6.56. The fourth-order valence-electron chi connectivity index (χ4n) is 4.86. The molecule has 1 atom stereocenters. The molecule has 0 radical (unpaired) electrons. The van der Waals surface area contributed by atoms with Crippen molar-refractivity contribution in [3.63, 3.8) is 0 Å². The van der Waals surface area contributed by atoms with E-state index in [0.29, 0.717) is 48.2 Å². The van der Waals surface area contributed by atoms with Crippen molar-refractivity contribution < 1.29 is 22.1 Å². The molecule has 6 nitrogen and oxygen atoms in total. The van der Waals surface area contributed by atoms with Gasteiger partial charge >= 0.3 is 0 Å². The van der Waals surface area contributed by atoms with Gasteiger partial charge in [-0.05, 0) is 61.8 Å². The van der Waals surface area contributed by atoms with Crippen LogP contribution in [-0.4, -0.2) is 44.2 Å². The average Bonchev–Trinajstić information content (AvgIpc) is 3.15. The van der Waals surface area contributed by atoms with Crippen molar-refractivity contribution in [2.45, 2.75) is 57.3 Å². The Morgan fingerprint density at radius 2 is 1.65 bits per heavy atom. The summed E-state index contributed by atoms with van der Waals surface area (Å²) in [6.07, 6.45) is 4.77. The van der Waals surface area contributed by atoms with Crippen molar-refractivity contribution >= 4 is 39.2 Å². The maximum absolute atomic E-state index is 13.2. The number of carbonyl (C=O) groups excluding carboxylic acids is 1. The summed E-state index contributed by atoms with van der Waals surface area (Å²) in [5, 5.41) is 1.00. The third kappa shape index (κ3) is 6.45. The van der Waals surface area contributed by atoms with Gasteiger partial charge in [-0.1, -0.05) is 53.5 Å². The zero-order chi connectivity index (χ0) is 24.3. The van der Waals surface area contributed by atoms with Crippen LogP contribution in [0.25, 0.3) is 0 Å². The van der Waals surface area contributed by atoms with Crippen LogP contribution >= 0.6 is 23.2 Å². The smallest absolute Gasteiger partial charge is 0.264 e. The van der Waals surface area contributed by atoms with Gasteiger partial charge in [0.05, 0.1) is 12.4 Å². The summed E-state index contributed by atoms with van der Waals surface area (Å²) in [5.41, 5.74) is 1.81. The third-order valence-corrected chi connectivity index (χ3v) is 7.86. The summed E-state index contributed by atoms with van der Waals surface area (Å²) < 4.78 is 33.7. The average molecular weight is 526 g/mol. The van der Waals surface area contributed by atoms with Gasteiger partial charge in [-0.2, -0.15) is 8.42 Å². The lowest BCUT2D eigenvalue weighted by Crippen LogP contribution is -2.41. The standard InChI is InChI=1S/C25H29Cl2NO5S/c1-34(30,31)33-20-9-7-19(8-10-20)28-12-11-18(25(28)29)13-22-23(26)14-21(15-24(22)27)32-16-17-5-3-2-4-6-17/h2-6,14-15,18-20H,7-13,16H2,1H3/t18-,19-,20-/m0/s1. The molecule has 2 aromatic rings. The van der Waals surface area contributed by atoms with Crippen molar-refractivity contribution in [2.24, 2.45) is 5.92 Å². The predicted octanol–water partition coefficient (Wildman–Crippen LogP) is 5.25. The number of ether oxygens (including phenoxy) is 1. The first-order chi connectivity index (χ1) is 16.2. The van der Waals surface area contributed by atoms with E-state index in [1.165, 1.54) is 0 Å². The molecule has 0 bridgehead atoms. The normalized spacial score (nSPS) is 23.3. The van der Waals surface area contributed by atoms with Crippen molar-refractivity contribution in [1.29, 1.82) is 0 Å². The largest absolute Gasteiger partial charge is 0.489 e. The minimum Gasteiger partial charge on any atom is -0.489 e. The van der Waals surface area contributed by atoms with Crippen LogP contribution in [0.15, 0.2) is 42.5 Å². The first kappa shape index (κ1) is 25.3. The Morgan fingerprint density at radius 3 is 2.26 bits per heavy atom. The number of hydrogen-bond acceptors (Lipinski definition) is 5. The highest BCUT2D eigenvalue weighted by Gasteiger charge is 2.38. The van der Waals surface area contributed by atoms with E-state index in [4.69, 9.17) is 32.1 Å². The SMILES string of the molecule is CS(=O)(=O)O[C@H]1CC[C@H](N2CC[C@@H](Cc3c(Cl)cc(OCc4ccccc4)cc3Cl)C2=O)CC1. The van der Waals surface area contributed by atoms with Gasteiger partial charge in [-0.25, -0.2) is 0 Å². The minimum absolute atomic E-state index is 0.115. The molecule has 0 spiro atoms. The number of benzene rings is 2. The van der Waals surface area contributed by atoms with E-state index in [2.05, 4.69) is 0 Å². The molecule has 2 aliphatic rings. The zero-order valence-electron chi connectivity index (χ0n) is 19.1. The Kier molecular flexibility index (Phi) is 8.08. The molecule has 0 unspecified atom stereocenters. The van der Waals surface area contributed by atoms with Gasteiger partial charge in [0.15, 0.2) is 0 Å². The number of carbonyl (C=O) groups is 1. The Hall–Kier alpha value is -1.80. The fourth-order valence-corrected chi connectivity index (χ4v) is 6.17. The van der Waals surface area contributed by atoms with E-state index in [1.807, 2.05) is 35.2 Å². The van der Waals surface area contributed by atoms with E-state index in [0.717, 1.165) is 36.6 Å². The number of amides is 1. The van der Waals surface area contributed by atoms with Gasteiger partial charge < -0.3 is 9.64 Å². The molecule has 184 valence electrons. The van der Waals surface area contributed by atoms with Gasteiger partial charge in [0.2, 0.25) is 5.91 Å². The number of hydrogen-bond donors (Lipinski definition) is 0. The van der Waals surface area contributed by atoms with Gasteiger partial charge in [-0.15, -0.1) is 0 Å². The molecule has 1 heterocycles. The predicted molar refractivity (Wildman–Crippen MR) is 133 cm³/mol. The molecule has 0 aromatic heterocycles. The summed E-state index contributed by atoms with van der Waals surface area (Å²) >= 11 is 13.1. The van der Waals surface area contributed by atoms with Crippen LogP contribution in [0.5, 0.6) is 5.75 Å². The second-order valence-electron chi connectivity index (χ2n) is 9.09. The van der Waals surface area contributed by atoms with Crippen LogP contribution < -0.4 is 4.74 Å². The van der Waals surface area contributed by atoms with Crippen LogP contribution in [0, 0.1) is 5.92 Å². The zero-order valence-corrected chi connectivity index (χ0v) is 21.4. The van der Waals surface area contributed by atoms with E-state index in [1.54, 1.807) is 12.1 Å². The maximum Gasteiger partial charge on any atom is 0.264 e. The lowest BCUT2D eigenvalue weighted by atomic mass is 9.92. The Bertz CT molecular complexity index is 1090. The molecule has 1 aliphatic heterocycles. The lowest BCUT2D eigenvalue weighted by molar-refractivity contribution is -0.133. The Balaban J connectivity index is 1.34. The monoisotopic (exact) mass is 525 g/mol. The van der Waals surface area contributed by atoms with Crippen molar-refractivity contribution in [1.82, 2.24) is 4.90 Å². The molecule has 34 heavy (non-hydrogen) atoms. The van der Waals surface area contributed by atoms with Gasteiger partial charge in [0.1, 0.15) is 12.4 Å². The molecule has 1 amide bonds. The molecule has 4 rings (SSSR count). The number of halogens is 2. The van der Waals surface area contributed by atoms with Crippen LogP contribution in [0.2, 0.25) is 10.0 Å². The highest BCUT2D eigenvalue weighted by atomic mass is 35.5. The second kappa shape index (κ2) is 10.9. The molecule has 1 saturated heterocycles. The van der Waals surface area contributed by atoms with Crippen molar-refractivity contribution in [3.05, 3.63) is 63.6 Å². The number of likely N-dealkylation sites (tertiary alicyclic amines) is 1. The quantitative estimate of drug-likeness (QED) is 0.440. The van der Waals surface area contributed by atoms with Crippen LogP contribution in [0.4, 0.5) is 0 Å². The van der Waals surface area contributed by atoms with Crippen LogP contribution in [0.3, 0.4) is 0 Å². The number of nitrogens with zero attached hydrogens (tertiary/aromatic N) is 1. The van der Waals surface area contributed by atoms with Gasteiger partial charge in [0.25, 0.3) is 10.1 Å². The summed E-state index contributed by atoms with van der Waals surface area (Å²) in [6, 6.07) is 13.5. The number of rotatable bonds is 8. The molecule has 1 aliphatic carbocycles. The van der Waals surface area contributed by atoms with Gasteiger partial charge in [-0.3, -0.25) is 8.98 Å². The lowest BCUT2D eigenvalue weighted by Gasteiger charge is -2.34. The van der Waals surface area contributed by atoms with Crippen LogP contribution in [-0.2, 0) is 32.1 Å². The summed E-state index contributed by atoms with van der Waals surface area (Å²) in [4.78, 5) is 15.1. The molecule has 0 N–H and O–H groups in total. The highest BCUT2D eigenvalue weighted by Crippen LogP contribution is 2.36. The molecule has 1 saturated carbocycles. The minimum atomic E-state index is -3.46. The topological polar surface area (TPSA) is 72.9 Å². The Labute approximate surface area is 211 Å². The van der Waals surface area contributed by atoms with Crippen molar-refractivity contribution in [3.8, 4) is 5.75 Å². The highest BCUT2D eigenvalue weighted by molar-refractivity contribution is 7.86. The molecular formula is C25H29Cl2NO5S. The maximum atomic E-state index is 13.2. The Morgan fingerprint density at radius 1 is 1.00 bits per heavy atom. The van der Waals surface area contributed by atoms with Crippen LogP contribution in [0.1, 0.15) is 43.2 Å². The molecular weight excluding hydrogens is 497 g/mol. The van der Waals surface area contributed by atoms with E-state index < -0.39 is 10.1 Å². The van der Waals surface area contributed by atoms with E-state index >= 15 is 0 Å². The van der Waals surface area contributed by atoms with E-state index in [9.17, 15) is 13.2 Å². The first-order valence-corrected chi connectivity index (χ1v) is 14.1. The fraction of sp³-hybridized carbons (Fsp3) is 0.480. The molecule has 2 fully saturated rings. The second-order valence-corrected chi connectivity index (χ2v) is 11.5. The van der Waals surface area contributed by atoms with Crippen molar-refractivity contribution in [2.75, 3.05) is 12.8 Å². The molecule has 9 heteroatoms. The van der Waals surface area contributed by atoms with E-state index in [-0.39, 0.29) is 24.0 Å². The summed E-state index contributed by atoms with van der Waals surface area (Å²) in [6.45, 7) is 1.11. The summed E-state index contributed by atoms with van der Waals surface area (Å²) in [5.74, 6) is 0.537. The first-order valence-electron chi connectivity index (χ1n) is 11.5.